The summed E-state index contributed by atoms with van der Waals surface area (Å²) in [5, 5.41) is 10.4. The zero-order chi connectivity index (χ0) is 23.8. The van der Waals surface area contributed by atoms with E-state index in [1.165, 1.54) is 30.3 Å². The van der Waals surface area contributed by atoms with Gasteiger partial charge in [0.15, 0.2) is 0 Å². The van der Waals surface area contributed by atoms with Crippen molar-refractivity contribution < 1.29 is 23.4 Å². The molecule has 0 radical (unpaired) electrons. The number of hydrogen-bond donors (Lipinski definition) is 3. The quantitative estimate of drug-likeness (QED) is 0.519. The zero-order valence-electron chi connectivity index (χ0n) is 18.5. The number of fused-ring (bicyclic) bond motifs is 1. The third-order valence-electron chi connectivity index (χ3n) is 6.75. The molecule has 0 bridgehead atoms. The van der Waals surface area contributed by atoms with Crippen LogP contribution in [-0.4, -0.2) is 35.6 Å². The fraction of sp³-hybridized carbons (Fsp3) is 0.269. The van der Waals surface area contributed by atoms with Gasteiger partial charge in [-0.1, -0.05) is 24.3 Å². The first-order valence-corrected chi connectivity index (χ1v) is 11.1. The lowest BCUT2D eigenvalue weighted by molar-refractivity contribution is -0.130. The summed E-state index contributed by atoms with van der Waals surface area (Å²) in [6.07, 6.45) is 0.621. The Morgan fingerprint density at radius 3 is 2.32 bits per heavy atom. The van der Waals surface area contributed by atoms with Gasteiger partial charge in [-0.2, -0.15) is 0 Å². The van der Waals surface area contributed by atoms with Crippen molar-refractivity contribution in [1.29, 1.82) is 0 Å². The number of phenolic OH excluding ortho intramolecular Hbond substituents is 1. The van der Waals surface area contributed by atoms with Crippen LogP contribution < -0.4 is 15.6 Å². The van der Waals surface area contributed by atoms with Crippen molar-refractivity contribution in [3.05, 3.63) is 95.1 Å². The van der Waals surface area contributed by atoms with Crippen LogP contribution in [0.4, 0.5) is 8.78 Å². The molecule has 2 aliphatic rings. The Kier molecular flexibility index (Phi) is 5.93. The topological polar surface area (TPSA) is 73.8 Å². The second kappa shape index (κ2) is 9.04. The van der Waals surface area contributed by atoms with Crippen molar-refractivity contribution in [2.75, 3.05) is 13.7 Å². The third kappa shape index (κ3) is 3.99. The molecule has 0 saturated carbocycles. The Bertz CT molecular complexity index is 1190. The van der Waals surface area contributed by atoms with Crippen LogP contribution in [0.2, 0.25) is 0 Å². The van der Waals surface area contributed by atoms with Crippen molar-refractivity contribution in [2.24, 2.45) is 5.92 Å². The van der Waals surface area contributed by atoms with E-state index in [-0.39, 0.29) is 23.4 Å². The first kappa shape index (κ1) is 22.3. The number of ether oxygens (including phenoxy) is 1. The summed E-state index contributed by atoms with van der Waals surface area (Å²) >= 11 is 0. The van der Waals surface area contributed by atoms with E-state index in [4.69, 9.17) is 4.74 Å². The minimum atomic E-state index is -0.571. The number of methoxy groups -OCH3 is 1. The van der Waals surface area contributed by atoms with E-state index in [2.05, 4.69) is 10.9 Å². The highest BCUT2D eigenvalue weighted by Crippen LogP contribution is 2.48. The molecule has 2 saturated heterocycles. The highest BCUT2D eigenvalue weighted by molar-refractivity contribution is 5.86. The number of amides is 1. The number of rotatable bonds is 6. The standard InChI is InChI=1S/C26H25F2N3O3/c1-34-19-9-2-15(3-10-19)12-13-31-25(16-4-6-17(27)7-5-16)22-23(29-30-24(22)26(31)33)20-14-18(28)8-11-21(20)32/h2-11,14,22-25,29-30,32H,12-13H2,1H3. The lowest BCUT2D eigenvalue weighted by atomic mass is 9.83. The Labute approximate surface area is 196 Å². The highest BCUT2D eigenvalue weighted by Gasteiger charge is 2.55. The lowest BCUT2D eigenvalue weighted by Gasteiger charge is -2.31. The molecule has 1 amide bonds. The number of likely N-dealkylation sites (tertiary alicyclic amines) is 1. The average molecular weight is 466 g/mol. The second-order valence-corrected chi connectivity index (χ2v) is 8.65. The van der Waals surface area contributed by atoms with Gasteiger partial charge in [0, 0.05) is 18.0 Å². The summed E-state index contributed by atoms with van der Waals surface area (Å²) in [5.41, 5.74) is 8.33. The third-order valence-corrected chi connectivity index (χ3v) is 6.75. The summed E-state index contributed by atoms with van der Waals surface area (Å²) < 4.78 is 32.9. The van der Waals surface area contributed by atoms with Gasteiger partial charge in [0.2, 0.25) is 5.91 Å². The molecule has 4 atom stereocenters. The maximum absolute atomic E-state index is 14.0. The van der Waals surface area contributed by atoms with Crippen molar-refractivity contribution in [3.8, 4) is 11.5 Å². The molecule has 3 aromatic carbocycles. The molecule has 8 heteroatoms. The molecule has 4 unspecified atom stereocenters. The van der Waals surface area contributed by atoms with Gasteiger partial charge >= 0.3 is 0 Å². The molecule has 2 fully saturated rings. The Balaban J connectivity index is 1.49. The van der Waals surface area contributed by atoms with E-state index in [1.54, 1.807) is 24.1 Å². The van der Waals surface area contributed by atoms with Crippen molar-refractivity contribution >= 4 is 5.91 Å². The first-order valence-electron chi connectivity index (χ1n) is 11.1. The second-order valence-electron chi connectivity index (χ2n) is 8.65. The lowest BCUT2D eigenvalue weighted by Crippen LogP contribution is -2.42. The number of carbonyl (C=O) groups is 1. The predicted molar refractivity (Wildman–Crippen MR) is 122 cm³/mol. The van der Waals surface area contributed by atoms with Crippen LogP contribution in [0, 0.1) is 17.6 Å². The van der Waals surface area contributed by atoms with E-state index in [0.29, 0.717) is 18.5 Å². The van der Waals surface area contributed by atoms with Gasteiger partial charge < -0.3 is 14.7 Å². The average Bonchev–Trinajstić information content (AvgIpc) is 3.39. The number of hydrogen-bond acceptors (Lipinski definition) is 5. The highest BCUT2D eigenvalue weighted by atomic mass is 19.1. The molecule has 5 rings (SSSR count). The van der Waals surface area contributed by atoms with Crippen LogP contribution in [0.3, 0.4) is 0 Å². The number of carbonyl (C=O) groups excluding carboxylic acids is 1. The molecule has 0 aliphatic carbocycles. The number of benzene rings is 3. The SMILES string of the molecule is COc1ccc(CCN2C(=O)C3NNC(c4cc(F)ccc4O)C3C2c2ccc(F)cc2)cc1. The number of hydrazine groups is 1. The minimum Gasteiger partial charge on any atom is -0.508 e. The molecule has 176 valence electrons. The largest absolute Gasteiger partial charge is 0.508 e. The molecule has 3 N–H and O–H groups in total. The van der Waals surface area contributed by atoms with Crippen LogP contribution in [0.15, 0.2) is 66.7 Å². The summed E-state index contributed by atoms with van der Waals surface area (Å²) in [6, 6.07) is 16.1. The van der Waals surface area contributed by atoms with Crippen LogP contribution >= 0.6 is 0 Å². The maximum atomic E-state index is 14.0. The molecule has 3 aromatic rings. The summed E-state index contributed by atoms with van der Waals surface area (Å²) in [6.45, 7) is 0.448. The van der Waals surface area contributed by atoms with E-state index in [9.17, 15) is 18.7 Å². The van der Waals surface area contributed by atoms with Crippen LogP contribution in [-0.2, 0) is 11.2 Å². The molecular formula is C26H25F2N3O3. The molecule has 34 heavy (non-hydrogen) atoms. The predicted octanol–water partition coefficient (Wildman–Crippen LogP) is 3.64. The minimum absolute atomic E-state index is 0.0525. The molecule has 2 aliphatic heterocycles. The summed E-state index contributed by atoms with van der Waals surface area (Å²) in [7, 11) is 1.61. The van der Waals surface area contributed by atoms with Gasteiger partial charge in [-0.3, -0.25) is 4.79 Å². The summed E-state index contributed by atoms with van der Waals surface area (Å²) in [5.74, 6) is -0.579. The molecule has 6 nitrogen and oxygen atoms in total. The van der Waals surface area contributed by atoms with Gasteiger partial charge in [0.25, 0.3) is 0 Å². The van der Waals surface area contributed by atoms with Gasteiger partial charge in [0.1, 0.15) is 29.2 Å². The molecule has 0 aromatic heterocycles. The van der Waals surface area contributed by atoms with Gasteiger partial charge in [-0.15, -0.1) is 0 Å². The van der Waals surface area contributed by atoms with E-state index >= 15 is 0 Å². The number of nitrogens with one attached hydrogen (secondary N) is 2. The van der Waals surface area contributed by atoms with Crippen molar-refractivity contribution in [3.63, 3.8) is 0 Å². The van der Waals surface area contributed by atoms with Crippen LogP contribution in [0.5, 0.6) is 11.5 Å². The monoisotopic (exact) mass is 465 g/mol. The molecular weight excluding hydrogens is 440 g/mol. The molecule has 0 spiro atoms. The van der Waals surface area contributed by atoms with Crippen molar-refractivity contribution in [2.45, 2.75) is 24.5 Å². The van der Waals surface area contributed by atoms with E-state index in [1.807, 2.05) is 24.3 Å². The fourth-order valence-electron chi connectivity index (χ4n) is 5.09. The van der Waals surface area contributed by atoms with Crippen LogP contribution in [0.25, 0.3) is 0 Å². The van der Waals surface area contributed by atoms with Gasteiger partial charge in [-0.25, -0.2) is 19.6 Å². The van der Waals surface area contributed by atoms with Crippen molar-refractivity contribution in [1.82, 2.24) is 15.8 Å². The number of nitrogens with zero attached hydrogens (tertiary/aromatic N) is 1. The smallest absolute Gasteiger partial charge is 0.242 e. The number of halogens is 2. The first-order chi connectivity index (χ1) is 16.5. The normalized spacial score (nSPS) is 23.9. The Hall–Kier alpha value is -3.49. The van der Waals surface area contributed by atoms with Gasteiger partial charge in [0.05, 0.1) is 19.2 Å². The van der Waals surface area contributed by atoms with Gasteiger partial charge in [-0.05, 0) is 60.0 Å². The molecule has 2 heterocycles. The van der Waals surface area contributed by atoms with Crippen LogP contribution in [0.1, 0.15) is 28.8 Å². The number of aromatic hydroxyl groups is 1. The fourth-order valence-corrected chi connectivity index (χ4v) is 5.09. The van der Waals surface area contributed by atoms with E-state index < -0.39 is 23.9 Å². The Morgan fingerprint density at radius 2 is 1.62 bits per heavy atom. The van der Waals surface area contributed by atoms with E-state index in [0.717, 1.165) is 16.9 Å². The Morgan fingerprint density at radius 1 is 0.941 bits per heavy atom. The zero-order valence-corrected chi connectivity index (χ0v) is 18.5. The maximum Gasteiger partial charge on any atom is 0.242 e. The number of phenols is 1. The summed E-state index contributed by atoms with van der Waals surface area (Å²) in [4.78, 5) is 15.3.